The second-order valence-corrected chi connectivity index (χ2v) is 8.50. The van der Waals surface area contributed by atoms with E-state index in [0.717, 1.165) is 8.78 Å². The topological polar surface area (TPSA) is 63.7 Å². The Kier molecular flexibility index (Phi) is 6.03. The van der Waals surface area contributed by atoms with Crippen molar-refractivity contribution in [2.75, 3.05) is 13.6 Å². The minimum atomic E-state index is -3.77. The predicted molar refractivity (Wildman–Crippen MR) is 95.8 cm³/mol. The third kappa shape index (κ3) is 4.57. The van der Waals surface area contributed by atoms with E-state index in [1.807, 2.05) is 0 Å². The summed E-state index contributed by atoms with van der Waals surface area (Å²) in [5.41, 5.74) is 0.689. The normalized spacial score (nSPS) is 11.5. The lowest BCUT2D eigenvalue weighted by atomic mass is 10.2. The Balaban J connectivity index is 2.09. The van der Waals surface area contributed by atoms with Crippen LogP contribution in [0, 0.1) is 6.92 Å². The molecule has 0 radical (unpaired) electrons. The quantitative estimate of drug-likeness (QED) is 0.534. The number of likely N-dealkylation sites (N-methyl/N-ethyl adjacent to an activating group) is 1. The summed E-state index contributed by atoms with van der Waals surface area (Å²) in [5, 5.41) is 0.530. The van der Waals surface area contributed by atoms with Crippen molar-refractivity contribution in [1.82, 2.24) is 4.31 Å². The smallest absolute Gasteiger partial charge is 0.326 e. The number of rotatable bonds is 5. The van der Waals surface area contributed by atoms with Crippen LogP contribution in [0.3, 0.4) is 0 Å². The van der Waals surface area contributed by atoms with Crippen molar-refractivity contribution >= 4 is 43.5 Å². The van der Waals surface area contributed by atoms with Crippen LogP contribution >= 0.6 is 27.5 Å². The fraction of sp³-hybridized carbons (Fsp3) is 0.188. The molecule has 0 bridgehead atoms. The zero-order valence-electron chi connectivity index (χ0n) is 13.0. The molecule has 0 saturated carbocycles. The number of aryl methyl sites for hydroxylation is 1. The molecule has 0 spiro atoms. The van der Waals surface area contributed by atoms with Crippen molar-refractivity contribution in [3.63, 3.8) is 0 Å². The van der Waals surface area contributed by atoms with Crippen LogP contribution in [0.15, 0.2) is 51.8 Å². The fourth-order valence-corrected chi connectivity index (χ4v) is 3.54. The Bertz CT molecular complexity index is 853. The molecule has 128 valence electrons. The van der Waals surface area contributed by atoms with Gasteiger partial charge in [-0.3, -0.25) is 4.79 Å². The van der Waals surface area contributed by atoms with E-state index >= 15 is 0 Å². The van der Waals surface area contributed by atoms with Gasteiger partial charge in [0.25, 0.3) is 0 Å². The molecule has 0 aromatic heterocycles. The number of ether oxygens (including phenoxy) is 1. The van der Waals surface area contributed by atoms with E-state index in [9.17, 15) is 13.2 Å². The third-order valence-electron chi connectivity index (χ3n) is 3.23. The monoisotopic (exact) mass is 431 g/mol. The molecule has 0 atom stereocenters. The summed E-state index contributed by atoms with van der Waals surface area (Å²) < 4.78 is 31.8. The largest absolute Gasteiger partial charge is 0.425 e. The van der Waals surface area contributed by atoms with Gasteiger partial charge in [-0.2, -0.15) is 4.31 Å². The van der Waals surface area contributed by atoms with E-state index in [-0.39, 0.29) is 4.90 Å². The average Bonchev–Trinajstić information content (AvgIpc) is 2.50. The molecule has 5 nitrogen and oxygen atoms in total. The summed E-state index contributed by atoms with van der Waals surface area (Å²) in [5.74, 6) is -0.331. The average molecular weight is 433 g/mol. The lowest BCUT2D eigenvalue weighted by Gasteiger charge is -2.17. The number of carbonyl (C=O) groups is 1. The molecule has 0 N–H and O–H groups in total. The van der Waals surface area contributed by atoms with Gasteiger partial charge in [0, 0.05) is 16.5 Å². The second kappa shape index (κ2) is 7.65. The third-order valence-corrected chi connectivity index (χ3v) is 5.82. The van der Waals surface area contributed by atoms with Crippen molar-refractivity contribution in [3.8, 4) is 5.75 Å². The Hall–Kier alpha value is -1.41. The molecule has 2 aromatic rings. The predicted octanol–water partition coefficient (Wildman–Crippen LogP) is 3.64. The summed E-state index contributed by atoms with van der Waals surface area (Å²) in [6.45, 7) is 1.34. The van der Waals surface area contributed by atoms with Crippen LogP contribution in [-0.2, 0) is 14.8 Å². The van der Waals surface area contributed by atoms with Crippen molar-refractivity contribution in [2.45, 2.75) is 11.8 Å². The number of hydrogen-bond acceptors (Lipinski definition) is 4. The maximum Gasteiger partial charge on any atom is 0.326 e. The van der Waals surface area contributed by atoms with Crippen molar-refractivity contribution < 1.29 is 17.9 Å². The number of sulfonamides is 1. The van der Waals surface area contributed by atoms with E-state index < -0.39 is 22.5 Å². The van der Waals surface area contributed by atoms with E-state index in [4.69, 9.17) is 16.3 Å². The van der Waals surface area contributed by atoms with Crippen molar-refractivity contribution in [2.24, 2.45) is 0 Å². The van der Waals surface area contributed by atoms with Gasteiger partial charge in [0.05, 0.1) is 4.90 Å². The fourth-order valence-electron chi connectivity index (χ4n) is 1.94. The number of carbonyl (C=O) groups excluding carboxylic acids is 1. The zero-order chi connectivity index (χ0) is 17.9. The highest BCUT2D eigenvalue weighted by Gasteiger charge is 2.24. The van der Waals surface area contributed by atoms with Crippen LogP contribution in [0.4, 0.5) is 0 Å². The lowest BCUT2D eigenvalue weighted by Crippen LogP contribution is -2.34. The molecular formula is C16H15BrClNO4S. The van der Waals surface area contributed by atoms with E-state index in [1.54, 1.807) is 37.3 Å². The number of hydrogen-bond donors (Lipinski definition) is 0. The Morgan fingerprint density at radius 2 is 1.83 bits per heavy atom. The number of nitrogens with zero attached hydrogens (tertiary/aromatic N) is 1. The first-order valence-corrected chi connectivity index (χ1v) is 9.50. The molecule has 0 fully saturated rings. The highest BCUT2D eigenvalue weighted by Crippen LogP contribution is 2.22. The molecule has 0 unspecified atom stereocenters. The van der Waals surface area contributed by atoms with Crippen LogP contribution in [0.5, 0.6) is 5.75 Å². The van der Waals surface area contributed by atoms with Crippen LogP contribution < -0.4 is 4.74 Å². The Morgan fingerprint density at radius 1 is 1.21 bits per heavy atom. The summed E-state index contributed by atoms with van der Waals surface area (Å²) in [7, 11) is -2.44. The zero-order valence-corrected chi connectivity index (χ0v) is 16.2. The SMILES string of the molecule is Cc1cc(Cl)ccc1OC(=O)CN(C)S(=O)(=O)c1ccc(Br)cc1. The van der Waals surface area contributed by atoms with Gasteiger partial charge in [0.2, 0.25) is 10.0 Å². The highest BCUT2D eigenvalue weighted by molar-refractivity contribution is 9.10. The molecule has 0 amide bonds. The lowest BCUT2D eigenvalue weighted by molar-refractivity contribution is -0.134. The summed E-state index contributed by atoms with van der Waals surface area (Å²) in [4.78, 5) is 12.1. The minimum Gasteiger partial charge on any atom is -0.425 e. The van der Waals surface area contributed by atoms with Gasteiger partial charge in [0.15, 0.2) is 0 Å². The molecule has 24 heavy (non-hydrogen) atoms. The van der Waals surface area contributed by atoms with Gasteiger partial charge in [-0.05, 0) is 55.0 Å². The van der Waals surface area contributed by atoms with Crippen LogP contribution in [0.1, 0.15) is 5.56 Å². The highest BCUT2D eigenvalue weighted by atomic mass is 79.9. The summed E-state index contributed by atoms with van der Waals surface area (Å²) >= 11 is 9.09. The molecule has 8 heteroatoms. The van der Waals surface area contributed by atoms with Crippen LogP contribution in [0.2, 0.25) is 5.02 Å². The van der Waals surface area contributed by atoms with E-state index in [2.05, 4.69) is 15.9 Å². The molecule has 0 aliphatic rings. The van der Waals surface area contributed by atoms with Crippen LogP contribution in [-0.4, -0.2) is 32.3 Å². The first-order valence-electron chi connectivity index (χ1n) is 6.89. The van der Waals surface area contributed by atoms with Crippen molar-refractivity contribution in [3.05, 3.63) is 57.5 Å². The standard InChI is InChI=1S/C16H15BrClNO4S/c1-11-9-13(18)5-8-15(11)23-16(20)10-19(2)24(21,22)14-6-3-12(17)4-7-14/h3-9H,10H2,1-2H3. The van der Waals surface area contributed by atoms with E-state index in [0.29, 0.717) is 16.3 Å². The van der Waals surface area contributed by atoms with Gasteiger partial charge >= 0.3 is 5.97 Å². The molecule has 2 rings (SSSR count). The molecular weight excluding hydrogens is 418 g/mol. The maximum absolute atomic E-state index is 12.4. The molecule has 0 saturated heterocycles. The molecule has 0 aliphatic carbocycles. The summed E-state index contributed by atoms with van der Waals surface area (Å²) in [6.07, 6.45) is 0. The van der Waals surface area contributed by atoms with Gasteiger partial charge in [-0.25, -0.2) is 8.42 Å². The van der Waals surface area contributed by atoms with E-state index in [1.165, 1.54) is 19.2 Å². The number of halogens is 2. The molecule has 2 aromatic carbocycles. The maximum atomic E-state index is 12.4. The van der Waals surface area contributed by atoms with Crippen molar-refractivity contribution in [1.29, 1.82) is 0 Å². The second-order valence-electron chi connectivity index (χ2n) is 5.10. The van der Waals surface area contributed by atoms with Crippen LogP contribution in [0.25, 0.3) is 0 Å². The Labute approximate surface area is 154 Å². The Morgan fingerprint density at radius 3 is 2.42 bits per heavy atom. The first-order chi connectivity index (χ1) is 11.2. The first kappa shape index (κ1) is 18.9. The van der Waals surface area contributed by atoms with Gasteiger partial charge in [-0.1, -0.05) is 27.5 Å². The van der Waals surface area contributed by atoms with Gasteiger partial charge in [-0.15, -0.1) is 0 Å². The van der Waals surface area contributed by atoms with Gasteiger partial charge < -0.3 is 4.74 Å². The molecule has 0 heterocycles. The number of benzene rings is 2. The van der Waals surface area contributed by atoms with Gasteiger partial charge in [0.1, 0.15) is 12.3 Å². The summed E-state index contributed by atoms with van der Waals surface area (Å²) in [6, 6.07) is 11.0. The minimum absolute atomic E-state index is 0.101. The number of esters is 1. The molecule has 0 aliphatic heterocycles.